The topological polar surface area (TPSA) is 31.4 Å². The van der Waals surface area contributed by atoms with Crippen LogP contribution < -0.4 is 9.47 Å². The molecule has 0 aliphatic heterocycles. The van der Waals surface area contributed by atoms with Gasteiger partial charge in [-0.3, -0.25) is 0 Å². The fourth-order valence-electron chi connectivity index (χ4n) is 0.936. The van der Waals surface area contributed by atoms with Gasteiger partial charge in [0, 0.05) is 17.1 Å². The van der Waals surface area contributed by atoms with Gasteiger partial charge < -0.3 is 9.47 Å². The zero-order chi connectivity index (χ0) is 8.97. The Morgan fingerprint density at radius 2 is 2.17 bits per heavy atom. The third-order valence-electron chi connectivity index (χ3n) is 1.49. The van der Waals surface area contributed by atoms with Crippen LogP contribution in [-0.4, -0.2) is 19.2 Å². The Morgan fingerprint density at radius 3 is 2.67 bits per heavy atom. The summed E-state index contributed by atoms with van der Waals surface area (Å²) in [6.07, 6.45) is 1.69. The lowest BCUT2D eigenvalue weighted by molar-refractivity contribution is 0.341. The summed E-state index contributed by atoms with van der Waals surface area (Å²) in [6, 6.07) is 1.89. The Hall–Kier alpha value is -0.770. The summed E-state index contributed by atoms with van der Waals surface area (Å²) in [5.74, 6) is 1.21. The van der Waals surface area contributed by atoms with E-state index in [0.29, 0.717) is 11.6 Å². The van der Waals surface area contributed by atoms with E-state index in [-0.39, 0.29) is 0 Å². The van der Waals surface area contributed by atoms with Crippen LogP contribution in [-0.2, 0) is 5.33 Å². The van der Waals surface area contributed by atoms with Crippen LogP contribution in [0.15, 0.2) is 12.3 Å². The molecule has 0 aromatic carbocycles. The van der Waals surface area contributed by atoms with Crippen LogP contribution in [0.5, 0.6) is 11.6 Å². The van der Waals surface area contributed by atoms with Gasteiger partial charge in [-0.25, -0.2) is 4.98 Å². The molecule has 1 heterocycles. The van der Waals surface area contributed by atoms with Crippen LogP contribution in [0.1, 0.15) is 5.56 Å². The second-order valence-corrected chi connectivity index (χ2v) is 2.71. The van der Waals surface area contributed by atoms with E-state index in [9.17, 15) is 0 Å². The summed E-state index contributed by atoms with van der Waals surface area (Å²) in [4.78, 5) is 4.01. The van der Waals surface area contributed by atoms with E-state index in [0.717, 1.165) is 10.9 Å². The predicted molar refractivity (Wildman–Crippen MR) is 50.0 cm³/mol. The molecule has 0 spiro atoms. The molecule has 0 aliphatic rings. The van der Waals surface area contributed by atoms with Crippen molar-refractivity contribution in [2.24, 2.45) is 0 Å². The fourth-order valence-corrected chi connectivity index (χ4v) is 1.38. The van der Waals surface area contributed by atoms with Crippen molar-refractivity contribution in [3.8, 4) is 11.6 Å². The fraction of sp³-hybridized carbons (Fsp3) is 0.375. The third-order valence-corrected chi connectivity index (χ3v) is 2.10. The minimum atomic E-state index is 0.523. The number of hydrogen-bond acceptors (Lipinski definition) is 3. The summed E-state index contributed by atoms with van der Waals surface area (Å²) in [6.45, 7) is 0. The molecule has 0 atom stereocenters. The van der Waals surface area contributed by atoms with Crippen LogP contribution >= 0.6 is 15.9 Å². The smallest absolute Gasteiger partial charge is 0.257 e. The van der Waals surface area contributed by atoms with Gasteiger partial charge in [-0.2, -0.15) is 0 Å². The lowest BCUT2D eigenvalue weighted by Crippen LogP contribution is -1.96. The van der Waals surface area contributed by atoms with Crippen LogP contribution in [0, 0.1) is 0 Å². The molecule has 0 saturated carbocycles. The maximum Gasteiger partial charge on any atom is 0.257 e. The lowest BCUT2D eigenvalue weighted by atomic mass is 10.3. The SMILES string of the molecule is COc1nccc(CBr)c1OC. The third kappa shape index (κ3) is 1.69. The number of rotatable bonds is 3. The molecule has 0 aliphatic carbocycles. The molecule has 1 aromatic heterocycles. The summed E-state index contributed by atoms with van der Waals surface area (Å²) in [5, 5.41) is 0.731. The molecule has 0 unspecified atom stereocenters. The molecule has 66 valence electrons. The zero-order valence-corrected chi connectivity index (χ0v) is 8.59. The minimum absolute atomic E-state index is 0.523. The molecule has 1 rings (SSSR count). The largest absolute Gasteiger partial charge is 0.491 e. The van der Waals surface area contributed by atoms with Gasteiger partial charge in [-0.15, -0.1) is 0 Å². The first-order valence-corrected chi connectivity index (χ1v) is 4.57. The maximum atomic E-state index is 5.14. The molecule has 0 bridgehead atoms. The van der Waals surface area contributed by atoms with Crippen molar-refractivity contribution in [1.82, 2.24) is 4.98 Å². The van der Waals surface area contributed by atoms with Crippen molar-refractivity contribution in [1.29, 1.82) is 0 Å². The number of methoxy groups -OCH3 is 2. The maximum absolute atomic E-state index is 5.14. The summed E-state index contributed by atoms with van der Waals surface area (Å²) < 4.78 is 10.2. The highest BCUT2D eigenvalue weighted by molar-refractivity contribution is 9.08. The summed E-state index contributed by atoms with van der Waals surface area (Å²) in [7, 11) is 3.18. The molecule has 0 radical (unpaired) electrons. The normalized spacial score (nSPS) is 9.58. The minimum Gasteiger partial charge on any atom is -0.491 e. The lowest BCUT2D eigenvalue weighted by Gasteiger charge is -2.08. The molecule has 3 nitrogen and oxygen atoms in total. The highest BCUT2D eigenvalue weighted by Gasteiger charge is 2.08. The monoisotopic (exact) mass is 231 g/mol. The highest BCUT2D eigenvalue weighted by Crippen LogP contribution is 2.29. The van der Waals surface area contributed by atoms with E-state index in [4.69, 9.17) is 9.47 Å². The Labute approximate surface area is 79.8 Å². The summed E-state index contributed by atoms with van der Waals surface area (Å²) >= 11 is 3.35. The number of hydrogen-bond donors (Lipinski definition) is 0. The molecular formula is C8H10BrNO2. The number of nitrogens with zero attached hydrogens (tertiary/aromatic N) is 1. The first kappa shape index (κ1) is 9.32. The van der Waals surface area contributed by atoms with Gasteiger partial charge in [0.15, 0.2) is 5.75 Å². The molecule has 0 N–H and O–H groups in total. The number of alkyl halides is 1. The van der Waals surface area contributed by atoms with E-state index in [1.807, 2.05) is 6.07 Å². The molecule has 0 amide bonds. The van der Waals surface area contributed by atoms with Crippen molar-refractivity contribution in [3.05, 3.63) is 17.8 Å². The quantitative estimate of drug-likeness (QED) is 0.747. The number of aromatic nitrogens is 1. The van der Waals surface area contributed by atoms with Gasteiger partial charge in [0.1, 0.15) is 0 Å². The number of ether oxygens (including phenoxy) is 2. The zero-order valence-electron chi connectivity index (χ0n) is 7.00. The Morgan fingerprint density at radius 1 is 1.42 bits per heavy atom. The predicted octanol–water partition coefficient (Wildman–Crippen LogP) is 1.99. The first-order chi connectivity index (χ1) is 5.83. The average molecular weight is 232 g/mol. The second-order valence-electron chi connectivity index (χ2n) is 2.15. The van der Waals surface area contributed by atoms with Crippen molar-refractivity contribution in [3.63, 3.8) is 0 Å². The molecule has 0 saturated heterocycles. The van der Waals surface area contributed by atoms with E-state index in [1.165, 1.54) is 0 Å². The van der Waals surface area contributed by atoms with E-state index >= 15 is 0 Å². The van der Waals surface area contributed by atoms with Crippen LogP contribution in [0.25, 0.3) is 0 Å². The van der Waals surface area contributed by atoms with Crippen molar-refractivity contribution < 1.29 is 9.47 Å². The Bertz CT molecular complexity index is 243. The Balaban J connectivity index is 3.13. The standard InChI is InChI=1S/C8H10BrNO2/c1-11-7-6(5-9)3-4-10-8(7)12-2/h3-4H,5H2,1-2H3. The molecular weight excluding hydrogens is 222 g/mol. The van der Waals surface area contributed by atoms with Crippen LogP contribution in [0.3, 0.4) is 0 Å². The van der Waals surface area contributed by atoms with E-state index in [1.54, 1.807) is 20.4 Å². The number of pyridine rings is 1. The molecule has 0 fully saturated rings. The van der Waals surface area contributed by atoms with Gasteiger partial charge in [0.25, 0.3) is 5.88 Å². The first-order valence-electron chi connectivity index (χ1n) is 3.45. The van der Waals surface area contributed by atoms with Crippen LogP contribution in [0.2, 0.25) is 0 Å². The van der Waals surface area contributed by atoms with Gasteiger partial charge in [0.05, 0.1) is 14.2 Å². The summed E-state index contributed by atoms with van der Waals surface area (Å²) in [5.41, 5.74) is 1.03. The van der Waals surface area contributed by atoms with Crippen molar-refractivity contribution in [2.75, 3.05) is 14.2 Å². The van der Waals surface area contributed by atoms with E-state index < -0.39 is 0 Å². The molecule has 4 heteroatoms. The van der Waals surface area contributed by atoms with Crippen molar-refractivity contribution >= 4 is 15.9 Å². The van der Waals surface area contributed by atoms with Gasteiger partial charge >= 0.3 is 0 Å². The van der Waals surface area contributed by atoms with Gasteiger partial charge in [0.2, 0.25) is 0 Å². The Kier molecular flexibility index (Phi) is 3.34. The highest BCUT2D eigenvalue weighted by atomic mass is 79.9. The number of halogens is 1. The van der Waals surface area contributed by atoms with Crippen LogP contribution in [0.4, 0.5) is 0 Å². The van der Waals surface area contributed by atoms with Crippen molar-refractivity contribution in [2.45, 2.75) is 5.33 Å². The van der Waals surface area contributed by atoms with Gasteiger partial charge in [-0.05, 0) is 6.07 Å². The van der Waals surface area contributed by atoms with E-state index in [2.05, 4.69) is 20.9 Å². The molecule has 12 heavy (non-hydrogen) atoms. The average Bonchev–Trinajstić information content (AvgIpc) is 2.16. The van der Waals surface area contributed by atoms with Gasteiger partial charge in [-0.1, -0.05) is 15.9 Å². The second kappa shape index (κ2) is 4.30. The molecule has 1 aromatic rings.